The second-order valence-corrected chi connectivity index (χ2v) is 5.65. The number of carbonyl (C=O) groups excluding carboxylic acids is 1. The van der Waals surface area contributed by atoms with E-state index in [0.717, 1.165) is 25.7 Å². The molecular formula is C13H20O3. The minimum Gasteiger partial charge on any atom is -0.368 e. The third-order valence-electron chi connectivity index (χ3n) is 4.40. The van der Waals surface area contributed by atoms with Crippen LogP contribution in [0.1, 0.15) is 46.0 Å². The van der Waals surface area contributed by atoms with Gasteiger partial charge in [-0.05, 0) is 33.1 Å². The van der Waals surface area contributed by atoms with Crippen LogP contribution < -0.4 is 0 Å². The smallest absolute Gasteiger partial charge is 0.170 e. The molecule has 0 aromatic rings. The summed E-state index contributed by atoms with van der Waals surface area (Å²) >= 11 is 0. The predicted octanol–water partition coefficient (Wildman–Crippen LogP) is 2.08. The van der Waals surface area contributed by atoms with Gasteiger partial charge in [0, 0.05) is 0 Å². The summed E-state index contributed by atoms with van der Waals surface area (Å²) in [5, 5.41) is 0. The van der Waals surface area contributed by atoms with E-state index >= 15 is 0 Å². The normalized spacial score (nSPS) is 52.2. The van der Waals surface area contributed by atoms with E-state index in [9.17, 15) is 4.79 Å². The molecule has 0 aromatic carbocycles. The standard InChI is InChI=1S/C13H20O3/c1-8-7-9(2)16-13-6-4-3-5-10(13)11(14)12(13)15-8/h8-10,12H,3-7H2,1-2H3/t8-,9-,10+,12+,13-/m1/s1. The maximum Gasteiger partial charge on any atom is 0.170 e. The number of hydrogen-bond donors (Lipinski definition) is 0. The molecule has 90 valence electrons. The highest BCUT2D eigenvalue weighted by Crippen LogP contribution is 2.52. The fraction of sp³-hybridized carbons (Fsp3) is 0.923. The molecular weight excluding hydrogens is 204 g/mol. The van der Waals surface area contributed by atoms with Crippen molar-refractivity contribution in [2.45, 2.75) is 69.9 Å². The first kappa shape index (κ1) is 10.7. The third-order valence-corrected chi connectivity index (χ3v) is 4.40. The van der Waals surface area contributed by atoms with Crippen LogP contribution in [0.5, 0.6) is 0 Å². The topological polar surface area (TPSA) is 35.5 Å². The number of carbonyl (C=O) groups is 1. The maximum absolute atomic E-state index is 12.0. The average Bonchev–Trinajstić information content (AvgIpc) is 2.34. The fourth-order valence-corrected chi connectivity index (χ4v) is 3.76. The summed E-state index contributed by atoms with van der Waals surface area (Å²) in [6.07, 6.45) is 5.34. The summed E-state index contributed by atoms with van der Waals surface area (Å²) < 4.78 is 12.1. The van der Waals surface area contributed by atoms with E-state index < -0.39 is 0 Å². The number of ether oxygens (including phenoxy) is 2. The number of rotatable bonds is 0. The molecule has 0 radical (unpaired) electrons. The Balaban J connectivity index is 1.90. The van der Waals surface area contributed by atoms with Gasteiger partial charge in [-0.25, -0.2) is 0 Å². The Kier molecular flexibility index (Phi) is 2.37. The van der Waals surface area contributed by atoms with Crippen molar-refractivity contribution < 1.29 is 14.3 Å². The lowest BCUT2D eigenvalue weighted by Crippen LogP contribution is -2.70. The van der Waals surface area contributed by atoms with E-state index in [1.165, 1.54) is 6.42 Å². The summed E-state index contributed by atoms with van der Waals surface area (Å²) in [5.41, 5.74) is -0.250. The van der Waals surface area contributed by atoms with Gasteiger partial charge in [-0.1, -0.05) is 12.8 Å². The van der Waals surface area contributed by atoms with Gasteiger partial charge in [-0.15, -0.1) is 0 Å². The van der Waals surface area contributed by atoms with Crippen LogP contribution in [-0.2, 0) is 14.3 Å². The van der Waals surface area contributed by atoms with Crippen LogP contribution in [-0.4, -0.2) is 29.7 Å². The molecule has 16 heavy (non-hydrogen) atoms. The number of hydrogen-bond acceptors (Lipinski definition) is 3. The lowest BCUT2D eigenvalue weighted by Gasteiger charge is -2.55. The third kappa shape index (κ3) is 1.31. The molecule has 0 aromatic heterocycles. The lowest BCUT2D eigenvalue weighted by atomic mass is 9.58. The molecule has 3 heteroatoms. The molecule has 3 fully saturated rings. The largest absolute Gasteiger partial charge is 0.368 e. The molecule has 5 atom stereocenters. The van der Waals surface area contributed by atoms with Crippen molar-refractivity contribution in [1.29, 1.82) is 0 Å². The molecule has 0 bridgehead atoms. The van der Waals surface area contributed by atoms with Crippen LogP contribution in [0.15, 0.2) is 0 Å². The minimum absolute atomic E-state index is 0.124. The molecule has 3 rings (SSSR count). The van der Waals surface area contributed by atoms with Crippen LogP contribution in [0.2, 0.25) is 0 Å². The molecule has 1 heterocycles. The summed E-state index contributed by atoms with van der Waals surface area (Å²) in [5.74, 6) is 0.416. The lowest BCUT2D eigenvalue weighted by molar-refractivity contribution is -0.234. The first-order valence-electron chi connectivity index (χ1n) is 6.50. The Hall–Kier alpha value is -0.410. The van der Waals surface area contributed by atoms with Crippen molar-refractivity contribution in [3.8, 4) is 0 Å². The van der Waals surface area contributed by atoms with E-state index in [2.05, 4.69) is 6.92 Å². The van der Waals surface area contributed by atoms with Gasteiger partial charge >= 0.3 is 0 Å². The summed E-state index contributed by atoms with van der Waals surface area (Å²) in [6, 6.07) is 0. The summed E-state index contributed by atoms with van der Waals surface area (Å²) in [7, 11) is 0. The molecule has 1 spiro atoms. The second-order valence-electron chi connectivity index (χ2n) is 5.65. The SMILES string of the molecule is C[C@@H]1C[C@@H](C)O[C@]23CCCC[C@H]2C(=O)[C@@H]3O1. The number of ketones is 1. The van der Waals surface area contributed by atoms with E-state index in [4.69, 9.17) is 9.47 Å². The summed E-state index contributed by atoms with van der Waals surface area (Å²) in [4.78, 5) is 12.0. The molecule has 1 saturated heterocycles. The average molecular weight is 224 g/mol. The van der Waals surface area contributed by atoms with Gasteiger partial charge in [0.25, 0.3) is 0 Å². The van der Waals surface area contributed by atoms with Crippen LogP contribution in [0.25, 0.3) is 0 Å². The van der Waals surface area contributed by atoms with E-state index in [-0.39, 0.29) is 29.8 Å². The van der Waals surface area contributed by atoms with Crippen LogP contribution >= 0.6 is 0 Å². The molecule has 0 N–H and O–H groups in total. The zero-order chi connectivity index (χ0) is 11.3. The summed E-state index contributed by atoms with van der Waals surface area (Å²) in [6.45, 7) is 4.15. The quantitative estimate of drug-likeness (QED) is 0.632. The monoisotopic (exact) mass is 224 g/mol. The first-order valence-corrected chi connectivity index (χ1v) is 6.50. The van der Waals surface area contributed by atoms with Gasteiger partial charge in [0.1, 0.15) is 11.7 Å². The molecule has 0 unspecified atom stereocenters. The molecule has 3 aliphatic rings. The van der Waals surface area contributed by atoms with E-state index in [1.807, 2.05) is 6.92 Å². The van der Waals surface area contributed by atoms with Crippen LogP contribution in [0, 0.1) is 5.92 Å². The minimum atomic E-state index is -0.266. The molecule has 2 aliphatic carbocycles. The fourth-order valence-electron chi connectivity index (χ4n) is 3.76. The van der Waals surface area contributed by atoms with Gasteiger partial charge in [-0.3, -0.25) is 4.79 Å². The Labute approximate surface area is 96.5 Å². The van der Waals surface area contributed by atoms with Gasteiger partial charge in [0.05, 0.1) is 18.1 Å². The molecule has 2 saturated carbocycles. The Morgan fingerprint density at radius 1 is 1.25 bits per heavy atom. The highest BCUT2D eigenvalue weighted by molar-refractivity contribution is 5.95. The van der Waals surface area contributed by atoms with Crippen molar-refractivity contribution in [2.75, 3.05) is 0 Å². The van der Waals surface area contributed by atoms with Gasteiger partial charge in [0.15, 0.2) is 5.78 Å². The molecule has 3 nitrogen and oxygen atoms in total. The van der Waals surface area contributed by atoms with Gasteiger partial charge in [-0.2, -0.15) is 0 Å². The van der Waals surface area contributed by atoms with Crippen molar-refractivity contribution in [2.24, 2.45) is 5.92 Å². The highest BCUT2D eigenvalue weighted by atomic mass is 16.6. The van der Waals surface area contributed by atoms with Crippen LogP contribution in [0.3, 0.4) is 0 Å². The number of Topliss-reactive ketones (excluding diaryl/α,β-unsaturated/α-hetero) is 1. The Morgan fingerprint density at radius 3 is 2.88 bits per heavy atom. The highest BCUT2D eigenvalue weighted by Gasteiger charge is 2.66. The Bertz CT molecular complexity index is 314. The van der Waals surface area contributed by atoms with Crippen molar-refractivity contribution in [3.63, 3.8) is 0 Å². The Morgan fingerprint density at radius 2 is 2.06 bits per heavy atom. The van der Waals surface area contributed by atoms with Crippen molar-refractivity contribution in [1.82, 2.24) is 0 Å². The molecule has 0 amide bonds. The van der Waals surface area contributed by atoms with Gasteiger partial charge < -0.3 is 9.47 Å². The second kappa shape index (κ2) is 3.54. The maximum atomic E-state index is 12.0. The van der Waals surface area contributed by atoms with E-state index in [1.54, 1.807) is 0 Å². The zero-order valence-electron chi connectivity index (χ0n) is 10.1. The molecule has 1 aliphatic heterocycles. The zero-order valence-corrected chi connectivity index (χ0v) is 10.1. The van der Waals surface area contributed by atoms with Crippen molar-refractivity contribution in [3.05, 3.63) is 0 Å². The van der Waals surface area contributed by atoms with Crippen molar-refractivity contribution >= 4 is 5.78 Å². The van der Waals surface area contributed by atoms with Gasteiger partial charge in [0.2, 0.25) is 0 Å². The first-order chi connectivity index (χ1) is 7.63. The van der Waals surface area contributed by atoms with Crippen LogP contribution in [0.4, 0.5) is 0 Å². The predicted molar refractivity (Wildman–Crippen MR) is 59.2 cm³/mol. The van der Waals surface area contributed by atoms with E-state index in [0.29, 0.717) is 5.78 Å².